The number of carbonyl (C=O) groups is 1. The molecule has 1 aliphatic rings. The molecule has 0 amide bonds. The Hall–Kier alpha value is -3.51. The van der Waals surface area contributed by atoms with Crippen molar-refractivity contribution in [3.05, 3.63) is 89.5 Å². The Labute approximate surface area is 200 Å². The van der Waals surface area contributed by atoms with Gasteiger partial charge in [-0.25, -0.2) is 0 Å². The summed E-state index contributed by atoms with van der Waals surface area (Å²) >= 11 is 0. The molecule has 3 aromatic rings. The number of aliphatic carboxylic acids is 1. The van der Waals surface area contributed by atoms with Gasteiger partial charge in [0.1, 0.15) is 12.4 Å². The lowest BCUT2D eigenvalue weighted by atomic mass is 9.91. The Balaban J connectivity index is 1.67. The van der Waals surface area contributed by atoms with Crippen molar-refractivity contribution in [3.8, 4) is 17.2 Å². The fraction of sp³-hybridized carbons (Fsp3) is 0.321. The number of hydrogen-bond donors (Lipinski definition) is 1. The Morgan fingerprint density at radius 3 is 2.47 bits per heavy atom. The van der Waals surface area contributed by atoms with Crippen LogP contribution in [0.15, 0.2) is 72.8 Å². The van der Waals surface area contributed by atoms with Gasteiger partial charge in [-0.05, 0) is 60.3 Å². The van der Waals surface area contributed by atoms with Crippen LogP contribution in [0, 0.1) is 5.92 Å². The maximum atomic E-state index is 11.8. The highest BCUT2D eigenvalue weighted by molar-refractivity contribution is 5.70. The Bertz CT molecular complexity index is 1100. The molecule has 0 bridgehead atoms. The summed E-state index contributed by atoms with van der Waals surface area (Å²) in [4.78, 5) is 14.0. The third-order valence-electron chi connectivity index (χ3n) is 6.31. The molecule has 1 heterocycles. The van der Waals surface area contributed by atoms with E-state index in [1.165, 1.54) is 0 Å². The fourth-order valence-electron chi connectivity index (χ4n) is 4.59. The lowest BCUT2D eigenvalue weighted by molar-refractivity contribution is -0.143. The van der Waals surface area contributed by atoms with Crippen molar-refractivity contribution in [3.63, 3.8) is 0 Å². The van der Waals surface area contributed by atoms with Crippen LogP contribution in [-0.2, 0) is 11.4 Å². The normalized spacial score (nSPS) is 17.1. The standard InChI is InChI=1S/C28H31NO5/c1-32-25-14-13-22(17-26(25)33-2)27(29-15-7-11-23(18-29)28(30)31)21-10-6-12-24(16-21)34-19-20-8-4-3-5-9-20/h3-6,8-10,12-14,16-17,23,27H,7,11,15,18-19H2,1-2H3,(H,30,31). The zero-order valence-electron chi connectivity index (χ0n) is 19.6. The number of piperidine rings is 1. The second-order valence-corrected chi connectivity index (χ2v) is 8.54. The zero-order chi connectivity index (χ0) is 23.9. The Kier molecular flexibility index (Phi) is 7.70. The summed E-state index contributed by atoms with van der Waals surface area (Å²) in [5, 5.41) is 9.67. The van der Waals surface area contributed by atoms with E-state index >= 15 is 0 Å². The number of benzene rings is 3. The molecule has 4 rings (SSSR count). The molecular formula is C28H31NO5. The maximum Gasteiger partial charge on any atom is 0.307 e. The summed E-state index contributed by atoms with van der Waals surface area (Å²) in [6.07, 6.45) is 1.54. The average Bonchev–Trinajstić information content (AvgIpc) is 2.88. The average molecular weight is 462 g/mol. The van der Waals surface area contributed by atoms with E-state index in [1.54, 1.807) is 14.2 Å². The lowest BCUT2D eigenvalue weighted by Gasteiger charge is -2.38. The minimum Gasteiger partial charge on any atom is -0.493 e. The molecule has 2 atom stereocenters. The third kappa shape index (κ3) is 5.51. The molecule has 6 heteroatoms. The van der Waals surface area contributed by atoms with Crippen molar-refractivity contribution in [1.29, 1.82) is 0 Å². The first-order chi connectivity index (χ1) is 16.6. The lowest BCUT2D eigenvalue weighted by Crippen LogP contribution is -2.41. The van der Waals surface area contributed by atoms with Crippen LogP contribution in [0.2, 0.25) is 0 Å². The molecule has 2 unspecified atom stereocenters. The number of ether oxygens (including phenoxy) is 3. The second-order valence-electron chi connectivity index (χ2n) is 8.54. The number of carboxylic acids is 1. The molecule has 1 saturated heterocycles. The van der Waals surface area contributed by atoms with Gasteiger partial charge in [0.15, 0.2) is 11.5 Å². The summed E-state index contributed by atoms with van der Waals surface area (Å²) in [7, 11) is 3.24. The van der Waals surface area contributed by atoms with Crippen molar-refractivity contribution in [2.75, 3.05) is 27.3 Å². The van der Waals surface area contributed by atoms with E-state index in [2.05, 4.69) is 17.0 Å². The monoisotopic (exact) mass is 461 g/mol. The van der Waals surface area contributed by atoms with Crippen LogP contribution in [0.4, 0.5) is 0 Å². The van der Waals surface area contributed by atoms with Crippen LogP contribution < -0.4 is 14.2 Å². The Morgan fingerprint density at radius 1 is 0.971 bits per heavy atom. The first-order valence-electron chi connectivity index (χ1n) is 11.5. The molecule has 3 aromatic carbocycles. The van der Waals surface area contributed by atoms with Gasteiger partial charge in [0.05, 0.1) is 26.2 Å². The molecule has 1 aliphatic heterocycles. The number of likely N-dealkylation sites (tertiary alicyclic amines) is 1. The summed E-state index contributed by atoms with van der Waals surface area (Å²) in [5.41, 5.74) is 3.16. The molecule has 0 radical (unpaired) electrons. The van der Waals surface area contributed by atoms with Gasteiger partial charge in [0.25, 0.3) is 0 Å². The summed E-state index contributed by atoms with van der Waals surface area (Å²) in [5.74, 6) is 0.962. The molecule has 0 aliphatic carbocycles. The molecule has 0 spiro atoms. The van der Waals surface area contributed by atoms with Crippen LogP contribution in [0.5, 0.6) is 17.2 Å². The molecule has 1 N–H and O–H groups in total. The van der Waals surface area contributed by atoms with E-state index < -0.39 is 5.97 Å². The van der Waals surface area contributed by atoms with Gasteiger partial charge in [0, 0.05) is 6.54 Å². The first kappa shape index (κ1) is 23.6. The number of carboxylic acid groups (broad SMARTS) is 1. The van der Waals surface area contributed by atoms with E-state index in [4.69, 9.17) is 14.2 Å². The Morgan fingerprint density at radius 2 is 1.74 bits per heavy atom. The quantitative estimate of drug-likeness (QED) is 0.474. The van der Waals surface area contributed by atoms with Crippen molar-refractivity contribution < 1.29 is 24.1 Å². The summed E-state index contributed by atoms with van der Waals surface area (Å²) in [6, 6.07) is 23.9. The maximum absolute atomic E-state index is 11.8. The van der Waals surface area contributed by atoms with Crippen molar-refractivity contribution in [2.45, 2.75) is 25.5 Å². The molecule has 34 heavy (non-hydrogen) atoms. The van der Waals surface area contributed by atoms with Crippen LogP contribution in [0.25, 0.3) is 0 Å². The SMILES string of the molecule is COc1ccc(C(c2cccc(OCc3ccccc3)c2)N2CCCC(C(=O)O)C2)cc1OC. The highest BCUT2D eigenvalue weighted by Gasteiger charge is 2.32. The minimum absolute atomic E-state index is 0.137. The molecule has 178 valence electrons. The van der Waals surface area contributed by atoms with Gasteiger partial charge >= 0.3 is 5.97 Å². The number of hydrogen-bond acceptors (Lipinski definition) is 5. The van der Waals surface area contributed by atoms with Gasteiger partial charge < -0.3 is 19.3 Å². The van der Waals surface area contributed by atoms with E-state index in [-0.39, 0.29) is 12.0 Å². The van der Waals surface area contributed by atoms with Gasteiger partial charge in [-0.15, -0.1) is 0 Å². The van der Waals surface area contributed by atoms with E-state index in [1.807, 2.05) is 60.7 Å². The minimum atomic E-state index is -0.740. The number of methoxy groups -OCH3 is 2. The van der Waals surface area contributed by atoms with Gasteiger partial charge in [-0.3, -0.25) is 9.69 Å². The van der Waals surface area contributed by atoms with Crippen molar-refractivity contribution in [1.82, 2.24) is 4.90 Å². The van der Waals surface area contributed by atoms with E-state index in [9.17, 15) is 9.90 Å². The van der Waals surface area contributed by atoms with Crippen molar-refractivity contribution >= 4 is 5.97 Å². The molecule has 6 nitrogen and oxygen atoms in total. The van der Waals surface area contributed by atoms with Crippen LogP contribution in [-0.4, -0.2) is 43.3 Å². The topological polar surface area (TPSA) is 68.2 Å². The third-order valence-corrected chi connectivity index (χ3v) is 6.31. The van der Waals surface area contributed by atoms with Crippen LogP contribution >= 0.6 is 0 Å². The van der Waals surface area contributed by atoms with Gasteiger partial charge in [0.2, 0.25) is 0 Å². The van der Waals surface area contributed by atoms with Crippen molar-refractivity contribution in [2.24, 2.45) is 5.92 Å². The predicted octanol–water partition coefficient (Wildman–Crippen LogP) is 5.17. The summed E-state index contributed by atoms with van der Waals surface area (Å²) < 4.78 is 17.1. The van der Waals surface area contributed by atoms with Crippen LogP contribution in [0.3, 0.4) is 0 Å². The first-order valence-corrected chi connectivity index (χ1v) is 11.5. The number of rotatable bonds is 9. The number of nitrogens with zero attached hydrogens (tertiary/aromatic N) is 1. The zero-order valence-corrected chi connectivity index (χ0v) is 19.6. The molecular weight excluding hydrogens is 430 g/mol. The van der Waals surface area contributed by atoms with Gasteiger partial charge in [-0.1, -0.05) is 48.5 Å². The van der Waals surface area contributed by atoms with E-state index in [0.29, 0.717) is 31.1 Å². The fourth-order valence-corrected chi connectivity index (χ4v) is 4.59. The van der Waals surface area contributed by atoms with Gasteiger partial charge in [-0.2, -0.15) is 0 Å². The van der Waals surface area contributed by atoms with E-state index in [0.717, 1.165) is 35.4 Å². The predicted molar refractivity (Wildman–Crippen MR) is 131 cm³/mol. The smallest absolute Gasteiger partial charge is 0.307 e. The second kappa shape index (κ2) is 11.1. The molecule has 1 fully saturated rings. The molecule has 0 aromatic heterocycles. The van der Waals surface area contributed by atoms with Crippen LogP contribution in [0.1, 0.15) is 35.6 Å². The largest absolute Gasteiger partial charge is 0.493 e. The molecule has 0 saturated carbocycles. The highest BCUT2D eigenvalue weighted by Crippen LogP contribution is 2.38. The summed E-state index contributed by atoms with van der Waals surface area (Å²) in [6.45, 7) is 1.79. The highest BCUT2D eigenvalue weighted by atomic mass is 16.5.